The van der Waals surface area contributed by atoms with Gasteiger partial charge in [0, 0.05) is 35.1 Å². The molecule has 7 nitrogen and oxygen atoms in total. The lowest BCUT2D eigenvalue weighted by atomic mass is 10.0. The van der Waals surface area contributed by atoms with E-state index in [0.29, 0.717) is 22.1 Å². The maximum absolute atomic E-state index is 13.7. The quantitative estimate of drug-likeness (QED) is 0.312. The number of pyridine rings is 1. The highest BCUT2D eigenvalue weighted by Gasteiger charge is 2.41. The zero-order valence-electron chi connectivity index (χ0n) is 19.9. The van der Waals surface area contributed by atoms with E-state index in [-0.39, 0.29) is 17.4 Å². The minimum atomic E-state index is -0.288. The van der Waals surface area contributed by atoms with Crippen molar-refractivity contribution >= 4 is 33.9 Å². The third-order valence-corrected chi connectivity index (χ3v) is 7.63. The molecule has 4 N–H and O–H groups in total. The van der Waals surface area contributed by atoms with Crippen molar-refractivity contribution in [1.29, 1.82) is 5.26 Å². The number of hydrogen-bond acceptors (Lipinski definition) is 7. The lowest BCUT2D eigenvalue weighted by Crippen LogP contribution is -2.38. The number of nitrogens with zero attached hydrogens (tertiary/aromatic N) is 3. The van der Waals surface area contributed by atoms with Crippen molar-refractivity contribution in [1.82, 2.24) is 21.0 Å². The standard InChI is InChI=1S/C27H27ClFN7/c1-2-27(9-10-27)33-24-17(13-30)14-31-26-21(24)11-19(12-22(26)28)32-25(16-3-5-18(29)6-4-16)23-15-36(35-34-23)20-7-8-20/h3-6,11-12,14-15,20,25,32,34-35H,2,7-10H2,1H3,(H,31,33). The van der Waals surface area contributed by atoms with Crippen LogP contribution in [-0.4, -0.2) is 21.6 Å². The van der Waals surface area contributed by atoms with Gasteiger partial charge in [-0.15, -0.1) is 5.53 Å². The highest BCUT2D eigenvalue weighted by atomic mass is 35.5. The van der Waals surface area contributed by atoms with Crippen molar-refractivity contribution < 1.29 is 4.39 Å². The van der Waals surface area contributed by atoms with E-state index >= 15 is 0 Å². The van der Waals surface area contributed by atoms with E-state index in [1.807, 2.05) is 12.1 Å². The van der Waals surface area contributed by atoms with E-state index < -0.39 is 0 Å². The molecule has 6 rings (SSSR count). The molecule has 1 atom stereocenters. The Labute approximate surface area is 214 Å². The number of benzene rings is 2. The molecule has 1 unspecified atom stereocenters. The van der Waals surface area contributed by atoms with E-state index in [9.17, 15) is 9.65 Å². The fourth-order valence-corrected chi connectivity index (χ4v) is 5.02. The van der Waals surface area contributed by atoms with Crippen molar-refractivity contribution in [3.63, 3.8) is 0 Å². The molecule has 0 bridgehead atoms. The van der Waals surface area contributed by atoms with Gasteiger partial charge in [-0.25, -0.2) is 4.39 Å². The first kappa shape index (κ1) is 22.9. The first-order valence-electron chi connectivity index (χ1n) is 12.3. The molecule has 1 aromatic heterocycles. The van der Waals surface area contributed by atoms with E-state index in [2.05, 4.69) is 50.8 Å². The summed E-state index contributed by atoms with van der Waals surface area (Å²) >= 11 is 6.72. The van der Waals surface area contributed by atoms with E-state index in [0.717, 1.165) is 60.1 Å². The Kier molecular flexibility index (Phi) is 5.62. The molecule has 3 aromatic rings. The summed E-state index contributed by atoms with van der Waals surface area (Å²) < 4.78 is 13.7. The molecule has 2 aromatic carbocycles. The average molecular weight is 504 g/mol. The second-order valence-electron chi connectivity index (χ2n) is 9.86. The Morgan fingerprint density at radius 3 is 2.72 bits per heavy atom. The van der Waals surface area contributed by atoms with Gasteiger partial charge in [-0.05, 0) is 61.9 Å². The number of aromatic nitrogens is 1. The first-order valence-corrected chi connectivity index (χ1v) is 12.7. The Morgan fingerprint density at radius 1 is 1.28 bits per heavy atom. The van der Waals surface area contributed by atoms with Crippen LogP contribution in [0.25, 0.3) is 10.9 Å². The van der Waals surface area contributed by atoms with Crippen molar-refractivity contribution in [3.05, 3.63) is 76.5 Å². The van der Waals surface area contributed by atoms with Crippen LogP contribution < -0.4 is 21.6 Å². The monoisotopic (exact) mass is 503 g/mol. The zero-order chi connectivity index (χ0) is 24.9. The van der Waals surface area contributed by atoms with Crippen LogP contribution in [-0.2, 0) is 0 Å². The molecule has 0 saturated heterocycles. The molecule has 36 heavy (non-hydrogen) atoms. The predicted molar refractivity (Wildman–Crippen MR) is 139 cm³/mol. The molecular formula is C27H27ClFN7. The van der Waals surface area contributed by atoms with Crippen molar-refractivity contribution in [2.24, 2.45) is 0 Å². The third-order valence-electron chi connectivity index (χ3n) is 7.34. The summed E-state index contributed by atoms with van der Waals surface area (Å²) in [5.41, 5.74) is 11.0. The van der Waals surface area contributed by atoms with Gasteiger partial charge in [0.25, 0.3) is 0 Å². The molecule has 2 aliphatic carbocycles. The Morgan fingerprint density at radius 2 is 2.06 bits per heavy atom. The Bertz CT molecular complexity index is 1390. The van der Waals surface area contributed by atoms with Gasteiger partial charge in [-0.2, -0.15) is 5.26 Å². The second-order valence-corrected chi connectivity index (χ2v) is 10.3. The van der Waals surface area contributed by atoms with Crippen LogP contribution in [0, 0.1) is 17.1 Å². The van der Waals surface area contributed by atoms with Crippen LogP contribution in [0.1, 0.15) is 56.2 Å². The SMILES string of the molecule is CCC1(Nc2c(C#N)cnc3c(Cl)cc(NC(C4=CN(C5CC5)NN4)c4ccc(F)cc4)cc23)CC1. The molecule has 184 valence electrons. The first-order chi connectivity index (χ1) is 17.5. The summed E-state index contributed by atoms with van der Waals surface area (Å²) in [6.07, 6.45) is 9.06. The number of nitrogens with one attached hydrogen (secondary N) is 4. The summed E-state index contributed by atoms with van der Waals surface area (Å²) in [5.74, 6) is -0.284. The highest BCUT2D eigenvalue weighted by molar-refractivity contribution is 6.35. The number of hydrazine groups is 2. The van der Waals surface area contributed by atoms with Crippen LogP contribution in [0.3, 0.4) is 0 Å². The van der Waals surface area contributed by atoms with Crippen LogP contribution in [0.15, 0.2) is 54.5 Å². The number of fused-ring (bicyclic) bond motifs is 1. The molecule has 0 spiro atoms. The number of halogens is 2. The molecule has 0 radical (unpaired) electrons. The fraction of sp³-hybridized carbons (Fsp3) is 0.333. The summed E-state index contributed by atoms with van der Waals surface area (Å²) in [5, 5.41) is 20.4. The molecule has 2 fully saturated rings. The van der Waals surface area contributed by atoms with Crippen LogP contribution >= 0.6 is 11.6 Å². The number of anilines is 2. The molecule has 0 amide bonds. The molecular weight excluding hydrogens is 477 g/mol. The number of rotatable bonds is 8. The average Bonchev–Trinajstić information content (AvgIpc) is 3.82. The topological polar surface area (TPSA) is 88.0 Å². The Balaban J connectivity index is 1.41. The molecule has 9 heteroatoms. The fourth-order valence-electron chi connectivity index (χ4n) is 4.75. The summed E-state index contributed by atoms with van der Waals surface area (Å²) in [6, 6.07) is 12.8. The van der Waals surface area contributed by atoms with E-state index in [1.165, 1.54) is 12.1 Å². The maximum atomic E-state index is 13.7. The van der Waals surface area contributed by atoms with Crippen molar-refractivity contribution in [2.75, 3.05) is 10.6 Å². The van der Waals surface area contributed by atoms with Gasteiger partial charge >= 0.3 is 0 Å². The largest absolute Gasteiger partial charge is 0.378 e. The van der Waals surface area contributed by atoms with E-state index in [4.69, 9.17) is 11.6 Å². The van der Waals surface area contributed by atoms with Crippen LogP contribution in [0.5, 0.6) is 0 Å². The van der Waals surface area contributed by atoms with Crippen LogP contribution in [0.2, 0.25) is 5.02 Å². The van der Waals surface area contributed by atoms with Gasteiger partial charge < -0.3 is 16.1 Å². The minimum Gasteiger partial charge on any atom is -0.378 e. The molecule has 3 aliphatic rings. The highest BCUT2D eigenvalue weighted by Crippen LogP contribution is 2.45. The number of nitriles is 1. The third kappa shape index (κ3) is 4.29. The summed E-state index contributed by atoms with van der Waals surface area (Å²) in [7, 11) is 0. The normalized spacial score (nSPS) is 18.8. The zero-order valence-corrected chi connectivity index (χ0v) is 20.7. The Hall–Kier alpha value is -3.54. The van der Waals surface area contributed by atoms with Gasteiger partial charge in [0.2, 0.25) is 0 Å². The lowest BCUT2D eigenvalue weighted by molar-refractivity contribution is 0.260. The molecule has 2 saturated carbocycles. The van der Waals surface area contributed by atoms with Crippen LogP contribution in [0.4, 0.5) is 15.8 Å². The van der Waals surface area contributed by atoms with E-state index in [1.54, 1.807) is 18.3 Å². The lowest BCUT2D eigenvalue weighted by Gasteiger charge is -2.23. The van der Waals surface area contributed by atoms with Gasteiger partial charge in [0.05, 0.1) is 33.5 Å². The van der Waals surface area contributed by atoms with Gasteiger partial charge in [-0.1, -0.05) is 30.7 Å². The van der Waals surface area contributed by atoms with Gasteiger partial charge in [-0.3, -0.25) is 9.99 Å². The second kappa shape index (κ2) is 8.84. The van der Waals surface area contributed by atoms with Gasteiger partial charge in [0.1, 0.15) is 11.9 Å². The van der Waals surface area contributed by atoms with Gasteiger partial charge in [0.15, 0.2) is 0 Å². The predicted octanol–water partition coefficient (Wildman–Crippen LogP) is 5.74. The maximum Gasteiger partial charge on any atom is 0.123 e. The summed E-state index contributed by atoms with van der Waals surface area (Å²) in [4.78, 5) is 4.49. The smallest absolute Gasteiger partial charge is 0.123 e. The number of hydrogen-bond donors (Lipinski definition) is 4. The summed E-state index contributed by atoms with van der Waals surface area (Å²) in [6.45, 7) is 2.16. The minimum absolute atomic E-state index is 0.0168. The van der Waals surface area contributed by atoms with Crippen molar-refractivity contribution in [2.45, 2.75) is 56.7 Å². The molecule has 2 heterocycles. The van der Waals surface area contributed by atoms with Crippen molar-refractivity contribution in [3.8, 4) is 6.07 Å². The molecule has 1 aliphatic heterocycles.